The summed E-state index contributed by atoms with van der Waals surface area (Å²) >= 11 is 7.19. The molecule has 1 aliphatic rings. The van der Waals surface area contributed by atoms with Gasteiger partial charge in [-0.25, -0.2) is 0 Å². The van der Waals surface area contributed by atoms with Crippen LogP contribution in [0.1, 0.15) is 30.7 Å². The summed E-state index contributed by atoms with van der Waals surface area (Å²) in [5.74, 6) is 1.99. The molecule has 192 valence electrons. The van der Waals surface area contributed by atoms with E-state index in [4.69, 9.17) is 25.5 Å². The first kappa shape index (κ1) is 26.4. The summed E-state index contributed by atoms with van der Waals surface area (Å²) in [5, 5.41) is 19.2. The van der Waals surface area contributed by atoms with E-state index in [9.17, 15) is 9.90 Å². The predicted octanol–water partition coefficient (Wildman–Crippen LogP) is 6.19. The molecule has 1 N–H and O–H groups in total. The Morgan fingerprint density at radius 3 is 2.76 bits per heavy atom. The fourth-order valence-electron chi connectivity index (χ4n) is 3.35. The third-order valence-corrected chi connectivity index (χ3v) is 6.40. The molecule has 1 amide bonds. The number of phenols is 1. The summed E-state index contributed by atoms with van der Waals surface area (Å²) in [7, 11) is 1.58. The number of carbonyl (C=O) groups excluding carboxylic acids is 1. The third kappa shape index (κ3) is 6.75. The molecule has 0 spiro atoms. The number of carbonyl (C=O) groups is 1. The van der Waals surface area contributed by atoms with Crippen molar-refractivity contribution in [1.82, 2.24) is 4.90 Å². The summed E-state index contributed by atoms with van der Waals surface area (Å²) in [6, 6.07) is 13.7. The second-order valence-corrected chi connectivity index (χ2v) is 9.97. The van der Waals surface area contributed by atoms with Gasteiger partial charge in [0.05, 0.1) is 37.6 Å². The van der Waals surface area contributed by atoms with Crippen molar-refractivity contribution in [2.75, 3.05) is 13.7 Å². The highest BCUT2D eigenvalue weighted by molar-refractivity contribution is 8.18. The van der Waals surface area contributed by atoms with Crippen LogP contribution in [0.25, 0.3) is 6.08 Å². The molecule has 2 aromatic carbocycles. The Labute approximate surface area is 224 Å². The van der Waals surface area contributed by atoms with Gasteiger partial charge in [0, 0.05) is 10.6 Å². The number of thioether (sulfide) groups is 1. The van der Waals surface area contributed by atoms with Gasteiger partial charge in [-0.15, -0.1) is 5.10 Å². The molecule has 1 aromatic heterocycles. The number of furan rings is 1. The summed E-state index contributed by atoms with van der Waals surface area (Å²) < 4.78 is 16.8. The van der Waals surface area contributed by atoms with Crippen LogP contribution >= 0.6 is 23.4 Å². The van der Waals surface area contributed by atoms with Crippen LogP contribution in [0, 0.1) is 5.92 Å². The molecular weight excluding hydrogens is 514 g/mol. The maximum absolute atomic E-state index is 13.3. The summed E-state index contributed by atoms with van der Waals surface area (Å²) in [6.45, 7) is 4.91. The highest BCUT2D eigenvalue weighted by Crippen LogP contribution is 2.36. The van der Waals surface area contributed by atoms with Gasteiger partial charge < -0.3 is 19.0 Å². The van der Waals surface area contributed by atoms with Crippen LogP contribution in [0.15, 0.2) is 74.3 Å². The topological polar surface area (TPSA) is 96.9 Å². The average Bonchev–Trinajstić information content (AvgIpc) is 3.49. The molecule has 0 unspecified atom stereocenters. The molecule has 1 fully saturated rings. The number of halogens is 1. The van der Waals surface area contributed by atoms with Crippen LogP contribution in [0.4, 0.5) is 0 Å². The van der Waals surface area contributed by atoms with E-state index in [1.54, 1.807) is 43.7 Å². The van der Waals surface area contributed by atoms with Crippen LogP contribution in [0.3, 0.4) is 0 Å². The molecule has 0 atom stereocenters. The highest BCUT2D eigenvalue weighted by Gasteiger charge is 2.34. The van der Waals surface area contributed by atoms with Crippen molar-refractivity contribution in [3.63, 3.8) is 0 Å². The zero-order valence-electron chi connectivity index (χ0n) is 20.6. The van der Waals surface area contributed by atoms with Gasteiger partial charge >= 0.3 is 0 Å². The Morgan fingerprint density at radius 2 is 2.03 bits per heavy atom. The van der Waals surface area contributed by atoms with Crippen LogP contribution in [0.5, 0.6) is 17.2 Å². The van der Waals surface area contributed by atoms with E-state index in [1.165, 1.54) is 28.9 Å². The van der Waals surface area contributed by atoms with Gasteiger partial charge in [-0.1, -0.05) is 31.5 Å². The van der Waals surface area contributed by atoms with E-state index in [-0.39, 0.29) is 18.2 Å². The first-order valence-electron chi connectivity index (χ1n) is 11.5. The molecule has 0 radical (unpaired) electrons. The molecule has 0 saturated carbocycles. The fourth-order valence-corrected chi connectivity index (χ4v) is 4.47. The number of hydrogen-bond donors (Lipinski definition) is 1. The lowest BCUT2D eigenvalue weighted by Crippen LogP contribution is -2.28. The van der Waals surface area contributed by atoms with E-state index in [0.29, 0.717) is 50.4 Å². The lowest BCUT2D eigenvalue weighted by molar-refractivity contribution is -0.122. The number of amidine groups is 1. The largest absolute Gasteiger partial charge is 0.507 e. The average molecular weight is 540 g/mol. The van der Waals surface area contributed by atoms with Crippen molar-refractivity contribution in [2.24, 2.45) is 16.1 Å². The van der Waals surface area contributed by atoms with E-state index >= 15 is 0 Å². The zero-order valence-corrected chi connectivity index (χ0v) is 22.1. The first-order valence-corrected chi connectivity index (χ1v) is 12.7. The Hall–Kier alpha value is -3.69. The maximum Gasteiger partial charge on any atom is 0.267 e. The molecule has 1 aliphatic heterocycles. The van der Waals surface area contributed by atoms with Gasteiger partial charge in [-0.05, 0) is 71.8 Å². The molecule has 10 heteroatoms. The van der Waals surface area contributed by atoms with Crippen LogP contribution in [0.2, 0.25) is 5.02 Å². The molecule has 3 aromatic rings. The Morgan fingerprint density at radius 1 is 1.19 bits per heavy atom. The van der Waals surface area contributed by atoms with Crippen molar-refractivity contribution < 1.29 is 23.8 Å². The van der Waals surface area contributed by atoms with Crippen molar-refractivity contribution >= 4 is 46.7 Å². The third-order valence-electron chi connectivity index (χ3n) is 5.17. The minimum atomic E-state index is -0.236. The lowest BCUT2D eigenvalue weighted by Gasteiger charge is -2.13. The standard InChI is InChI=1S/C27H26ClN3O5S/c1-17(2)16-36-23-9-6-18(11-24(23)34-3)12-25-26(33)31(15-21-5-4-10-35-21)27(37-25)30-29-14-19-13-20(28)7-8-22(19)32/h4-14,17,32H,15-16H2,1-3H3/b25-12-,29-14-,30-27+. The predicted molar refractivity (Wildman–Crippen MR) is 146 cm³/mol. The van der Waals surface area contributed by atoms with Crippen molar-refractivity contribution in [2.45, 2.75) is 20.4 Å². The van der Waals surface area contributed by atoms with Gasteiger partial charge in [0.25, 0.3) is 5.91 Å². The monoisotopic (exact) mass is 539 g/mol. The smallest absolute Gasteiger partial charge is 0.267 e. The van der Waals surface area contributed by atoms with Gasteiger partial charge in [0.15, 0.2) is 16.7 Å². The molecule has 4 rings (SSSR count). The first-order chi connectivity index (χ1) is 17.8. The van der Waals surface area contributed by atoms with Crippen LogP contribution in [-0.4, -0.2) is 41.0 Å². The van der Waals surface area contributed by atoms with Crippen LogP contribution in [-0.2, 0) is 11.3 Å². The number of nitrogens with zero attached hydrogens (tertiary/aromatic N) is 3. The number of ether oxygens (including phenoxy) is 2. The molecule has 37 heavy (non-hydrogen) atoms. The van der Waals surface area contributed by atoms with Gasteiger partial charge in [-0.3, -0.25) is 9.69 Å². The van der Waals surface area contributed by atoms with E-state index in [1.807, 2.05) is 18.2 Å². The van der Waals surface area contributed by atoms with Crippen LogP contribution < -0.4 is 9.47 Å². The molecular formula is C27H26ClN3O5S. The van der Waals surface area contributed by atoms with Gasteiger partial charge in [0.2, 0.25) is 0 Å². The molecule has 8 nitrogen and oxygen atoms in total. The number of hydrogen-bond acceptors (Lipinski definition) is 8. The highest BCUT2D eigenvalue weighted by atomic mass is 35.5. The van der Waals surface area contributed by atoms with E-state index < -0.39 is 0 Å². The fraction of sp³-hybridized carbons (Fsp3) is 0.222. The van der Waals surface area contributed by atoms with Gasteiger partial charge in [0.1, 0.15) is 11.5 Å². The second-order valence-electron chi connectivity index (χ2n) is 8.53. The number of aromatic hydroxyl groups is 1. The number of phenolic OH excluding ortho intramolecular Hbond substituents is 1. The van der Waals surface area contributed by atoms with Crippen molar-refractivity contribution in [1.29, 1.82) is 0 Å². The lowest BCUT2D eigenvalue weighted by atomic mass is 10.1. The number of amides is 1. The summed E-state index contributed by atoms with van der Waals surface area (Å²) in [4.78, 5) is 15.3. The molecule has 0 aliphatic carbocycles. The summed E-state index contributed by atoms with van der Waals surface area (Å²) in [5.41, 5.74) is 1.18. The number of methoxy groups -OCH3 is 1. The van der Waals surface area contributed by atoms with Crippen molar-refractivity contribution in [3.05, 3.63) is 81.6 Å². The minimum absolute atomic E-state index is 0.0197. The van der Waals surface area contributed by atoms with E-state index in [0.717, 1.165) is 5.56 Å². The molecule has 0 bridgehead atoms. The SMILES string of the molecule is COc1cc(/C=C2\S/C(=N/N=C\c3cc(Cl)ccc3O)N(Cc3ccco3)C2=O)ccc1OCC(C)C. The number of rotatable bonds is 9. The quantitative estimate of drug-likeness (QED) is 0.198. The zero-order chi connectivity index (χ0) is 26.4. The maximum atomic E-state index is 13.3. The van der Waals surface area contributed by atoms with Gasteiger partial charge in [-0.2, -0.15) is 5.10 Å². The summed E-state index contributed by atoms with van der Waals surface area (Å²) in [6.07, 6.45) is 4.70. The number of benzene rings is 2. The molecule has 2 heterocycles. The van der Waals surface area contributed by atoms with Crippen molar-refractivity contribution in [3.8, 4) is 17.2 Å². The molecule has 1 saturated heterocycles. The Balaban J connectivity index is 1.61. The Kier molecular flexibility index (Phi) is 8.58. The minimum Gasteiger partial charge on any atom is -0.507 e. The second kappa shape index (κ2) is 12.0. The van der Waals surface area contributed by atoms with E-state index in [2.05, 4.69) is 24.1 Å². The Bertz CT molecular complexity index is 1350. The normalized spacial score (nSPS) is 16.0.